The molecule has 2 heterocycles. The highest BCUT2D eigenvalue weighted by Crippen LogP contribution is 2.42. The lowest BCUT2D eigenvalue weighted by Crippen LogP contribution is -2.29. The fraction of sp³-hybridized carbons (Fsp3) is 0.0435. The molecule has 1 aromatic heterocycles. The molecule has 1 atom stereocenters. The van der Waals surface area contributed by atoms with Crippen molar-refractivity contribution in [2.24, 2.45) is 0 Å². The first kappa shape index (κ1) is 18.9. The summed E-state index contributed by atoms with van der Waals surface area (Å²) < 4.78 is 6.75. The van der Waals surface area contributed by atoms with E-state index in [1.807, 2.05) is 12.1 Å². The Balaban J connectivity index is 1.83. The van der Waals surface area contributed by atoms with Gasteiger partial charge < -0.3 is 9.52 Å². The van der Waals surface area contributed by atoms with Crippen molar-refractivity contribution in [2.45, 2.75) is 6.04 Å². The van der Waals surface area contributed by atoms with Gasteiger partial charge >= 0.3 is 0 Å². The van der Waals surface area contributed by atoms with Crippen LogP contribution in [0.15, 0.2) is 80.4 Å². The number of nitrogens with zero attached hydrogens (tertiary/aromatic N) is 1. The van der Waals surface area contributed by atoms with E-state index in [9.17, 15) is 14.7 Å². The van der Waals surface area contributed by atoms with Gasteiger partial charge in [0.15, 0.2) is 5.43 Å². The van der Waals surface area contributed by atoms with Gasteiger partial charge in [-0.15, -0.1) is 0 Å². The molecule has 7 heteroatoms. The van der Waals surface area contributed by atoms with Crippen molar-refractivity contribution in [1.29, 1.82) is 0 Å². The maximum absolute atomic E-state index is 13.5. The largest absolute Gasteiger partial charge is 0.508 e. The van der Waals surface area contributed by atoms with Crippen molar-refractivity contribution < 1.29 is 14.3 Å². The SMILES string of the molecule is O=C1c2oc3ccc(Cl)cc3c(=O)c2[C@@H](c2cccc(O)c2)N1c1ccc(Br)cc1. The van der Waals surface area contributed by atoms with E-state index in [-0.39, 0.29) is 22.5 Å². The Morgan fingerprint density at radius 1 is 1.00 bits per heavy atom. The summed E-state index contributed by atoms with van der Waals surface area (Å²) in [4.78, 5) is 28.4. The first-order chi connectivity index (χ1) is 14.4. The minimum atomic E-state index is -0.750. The van der Waals surface area contributed by atoms with Crippen LogP contribution in [0.1, 0.15) is 27.7 Å². The van der Waals surface area contributed by atoms with Gasteiger partial charge in [-0.3, -0.25) is 14.5 Å². The number of anilines is 1. The van der Waals surface area contributed by atoms with Gasteiger partial charge in [0, 0.05) is 15.2 Å². The summed E-state index contributed by atoms with van der Waals surface area (Å²) in [6, 6.07) is 17.7. The summed E-state index contributed by atoms with van der Waals surface area (Å²) in [5, 5.41) is 10.7. The topological polar surface area (TPSA) is 70.8 Å². The molecule has 0 spiro atoms. The van der Waals surface area contributed by atoms with E-state index in [2.05, 4.69) is 15.9 Å². The van der Waals surface area contributed by atoms with Crippen LogP contribution >= 0.6 is 27.5 Å². The van der Waals surface area contributed by atoms with Crippen LogP contribution in [-0.2, 0) is 0 Å². The van der Waals surface area contributed by atoms with Crippen LogP contribution < -0.4 is 10.3 Å². The van der Waals surface area contributed by atoms with E-state index in [4.69, 9.17) is 16.0 Å². The predicted octanol–water partition coefficient (Wildman–Crippen LogP) is 5.66. The fourth-order valence-corrected chi connectivity index (χ4v) is 4.26. The van der Waals surface area contributed by atoms with Crippen molar-refractivity contribution in [1.82, 2.24) is 0 Å². The van der Waals surface area contributed by atoms with Crippen LogP contribution in [0.25, 0.3) is 11.0 Å². The van der Waals surface area contributed by atoms with Crippen molar-refractivity contribution >= 4 is 50.1 Å². The molecule has 0 bridgehead atoms. The van der Waals surface area contributed by atoms with Gasteiger partial charge in [0.05, 0.1) is 17.0 Å². The third-order valence-electron chi connectivity index (χ3n) is 5.12. The maximum Gasteiger partial charge on any atom is 0.295 e. The Bertz CT molecular complexity index is 1380. The standard InChI is InChI=1S/C23H13BrClNO4/c24-13-4-7-15(8-5-13)26-20(12-2-1-3-16(27)10-12)19-21(28)17-11-14(25)6-9-18(17)30-22(19)23(26)29/h1-11,20,27H/t20-/m1/s1. The predicted molar refractivity (Wildman–Crippen MR) is 118 cm³/mol. The van der Waals surface area contributed by atoms with Crippen LogP contribution in [0.5, 0.6) is 5.75 Å². The number of aromatic hydroxyl groups is 1. The Hall–Kier alpha value is -3.09. The zero-order valence-corrected chi connectivity index (χ0v) is 17.6. The second kappa shape index (κ2) is 7.00. The van der Waals surface area contributed by atoms with Gasteiger partial charge in [-0.05, 0) is 60.2 Å². The number of carbonyl (C=O) groups is 1. The summed E-state index contributed by atoms with van der Waals surface area (Å²) in [6.45, 7) is 0. The summed E-state index contributed by atoms with van der Waals surface area (Å²) in [6.07, 6.45) is 0. The number of hydrogen-bond donors (Lipinski definition) is 1. The number of phenols is 1. The van der Waals surface area contributed by atoms with E-state index in [1.165, 1.54) is 17.0 Å². The smallest absolute Gasteiger partial charge is 0.295 e. The average Bonchev–Trinajstić information content (AvgIpc) is 3.02. The molecule has 30 heavy (non-hydrogen) atoms. The van der Waals surface area contributed by atoms with Gasteiger partial charge in [-0.2, -0.15) is 0 Å². The molecule has 0 fully saturated rings. The lowest BCUT2D eigenvalue weighted by Gasteiger charge is -2.25. The lowest BCUT2D eigenvalue weighted by molar-refractivity contribution is 0.0971. The second-order valence-electron chi connectivity index (χ2n) is 6.96. The molecule has 1 N–H and O–H groups in total. The molecule has 1 aliphatic rings. The summed E-state index contributed by atoms with van der Waals surface area (Å²) >= 11 is 9.49. The second-order valence-corrected chi connectivity index (χ2v) is 8.32. The van der Waals surface area contributed by atoms with E-state index < -0.39 is 11.9 Å². The Morgan fingerprint density at radius 2 is 1.77 bits per heavy atom. The van der Waals surface area contributed by atoms with Crippen molar-refractivity contribution in [3.05, 3.63) is 103 Å². The van der Waals surface area contributed by atoms with Gasteiger partial charge in [-0.1, -0.05) is 39.7 Å². The molecule has 148 valence electrons. The molecule has 0 unspecified atom stereocenters. The number of carbonyl (C=O) groups excluding carboxylic acids is 1. The fourth-order valence-electron chi connectivity index (χ4n) is 3.82. The average molecular weight is 483 g/mol. The molecule has 4 aromatic rings. The summed E-state index contributed by atoms with van der Waals surface area (Å²) in [5.74, 6) is -0.391. The molecule has 0 radical (unpaired) electrons. The molecule has 0 saturated heterocycles. The highest BCUT2D eigenvalue weighted by Gasteiger charge is 2.43. The highest BCUT2D eigenvalue weighted by atomic mass is 79.9. The van der Waals surface area contributed by atoms with Gasteiger partial charge in [0.25, 0.3) is 5.91 Å². The molecular formula is C23H13BrClNO4. The van der Waals surface area contributed by atoms with E-state index >= 15 is 0 Å². The normalized spacial score (nSPS) is 15.6. The molecular weight excluding hydrogens is 470 g/mol. The minimum absolute atomic E-state index is 0.00826. The van der Waals surface area contributed by atoms with E-state index in [0.29, 0.717) is 27.2 Å². The molecule has 1 aliphatic heterocycles. The summed E-state index contributed by atoms with van der Waals surface area (Å²) in [7, 11) is 0. The van der Waals surface area contributed by atoms with Gasteiger partial charge in [0.1, 0.15) is 11.3 Å². The van der Waals surface area contributed by atoms with Crippen LogP contribution in [0.3, 0.4) is 0 Å². The number of halogens is 2. The van der Waals surface area contributed by atoms with Crippen molar-refractivity contribution in [3.8, 4) is 5.75 Å². The third-order valence-corrected chi connectivity index (χ3v) is 5.89. The van der Waals surface area contributed by atoms with Crippen LogP contribution in [0, 0.1) is 0 Å². The first-order valence-corrected chi connectivity index (χ1v) is 10.3. The Kier molecular flexibility index (Phi) is 4.41. The van der Waals surface area contributed by atoms with Crippen LogP contribution in [-0.4, -0.2) is 11.0 Å². The zero-order valence-electron chi connectivity index (χ0n) is 15.3. The van der Waals surface area contributed by atoms with Gasteiger partial charge in [-0.25, -0.2) is 0 Å². The monoisotopic (exact) mass is 481 g/mol. The Morgan fingerprint density at radius 3 is 2.50 bits per heavy atom. The molecule has 0 saturated carbocycles. The van der Waals surface area contributed by atoms with Crippen molar-refractivity contribution in [3.63, 3.8) is 0 Å². The minimum Gasteiger partial charge on any atom is -0.508 e. The number of benzene rings is 3. The highest BCUT2D eigenvalue weighted by molar-refractivity contribution is 9.10. The molecule has 3 aromatic carbocycles. The number of phenolic OH excluding ortho intramolecular Hbond substituents is 1. The first-order valence-electron chi connectivity index (χ1n) is 9.08. The summed E-state index contributed by atoms with van der Waals surface area (Å²) in [5.41, 5.74) is 1.39. The number of rotatable bonds is 2. The number of hydrogen-bond acceptors (Lipinski definition) is 4. The molecule has 1 amide bonds. The van der Waals surface area contributed by atoms with Crippen molar-refractivity contribution in [2.75, 3.05) is 4.90 Å². The molecule has 5 nitrogen and oxygen atoms in total. The third kappa shape index (κ3) is 2.91. The van der Waals surface area contributed by atoms with E-state index in [1.54, 1.807) is 42.5 Å². The molecule has 5 rings (SSSR count). The van der Waals surface area contributed by atoms with Crippen LogP contribution in [0.2, 0.25) is 5.02 Å². The maximum atomic E-state index is 13.5. The quantitative estimate of drug-likeness (QED) is 0.400. The molecule has 0 aliphatic carbocycles. The zero-order chi connectivity index (χ0) is 21.0. The number of fused-ring (bicyclic) bond motifs is 2. The van der Waals surface area contributed by atoms with E-state index in [0.717, 1.165) is 4.47 Å². The van der Waals surface area contributed by atoms with Crippen LogP contribution in [0.4, 0.5) is 5.69 Å². The Labute approximate surface area is 184 Å². The number of amides is 1. The van der Waals surface area contributed by atoms with Gasteiger partial charge in [0.2, 0.25) is 5.76 Å². The lowest BCUT2D eigenvalue weighted by atomic mass is 9.98.